The van der Waals surface area contributed by atoms with E-state index in [1.54, 1.807) is 23.9 Å². The first-order valence-corrected chi connectivity index (χ1v) is 7.05. The maximum Gasteiger partial charge on any atom is 0.337 e. The molecule has 0 amide bonds. The smallest absolute Gasteiger partial charge is 0.337 e. The lowest BCUT2D eigenvalue weighted by Crippen LogP contribution is -2.12. The Morgan fingerprint density at radius 1 is 1.56 bits per heavy atom. The Bertz CT molecular complexity index is 592. The van der Waals surface area contributed by atoms with Crippen LogP contribution in [0.1, 0.15) is 23.1 Å². The van der Waals surface area contributed by atoms with Gasteiger partial charge in [0.2, 0.25) is 0 Å². The van der Waals surface area contributed by atoms with Gasteiger partial charge in [-0.2, -0.15) is 11.8 Å². The summed E-state index contributed by atoms with van der Waals surface area (Å²) >= 11 is 1.76. The summed E-state index contributed by atoms with van der Waals surface area (Å²) in [4.78, 5) is 15.7. The molecule has 1 aromatic heterocycles. The van der Waals surface area contributed by atoms with Crippen molar-refractivity contribution in [3.05, 3.63) is 29.6 Å². The number of carboxylic acid groups (broad SMARTS) is 1. The van der Waals surface area contributed by atoms with Crippen molar-refractivity contribution in [3.63, 3.8) is 0 Å². The lowest BCUT2D eigenvalue weighted by atomic mass is 10.2. The summed E-state index contributed by atoms with van der Waals surface area (Å²) in [6.45, 7) is 4.81. The van der Waals surface area contributed by atoms with E-state index in [0.29, 0.717) is 10.8 Å². The van der Waals surface area contributed by atoms with Crippen LogP contribution in [0.3, 0.4) is 0 Å². The van der Waals surface area contributed by atoms with Crippen molar-refractivity contribution in [2.75, 3.05) is 6.26 Å². The molecule has 0 saturated heterocycles. The van der Waals surface area contributed by atoms with E-state index in [2.05, 4.69) is 18.2 Å². The van der Waals surface area contributed by atoms with Crippen LogP contribution in [-0.4, -0.2) is 32.1 Å². The fourth-order valence-corrected chi connectivity index (χ4v) is 2.33. The Balaban J connectivity index is 2.63. The molecule has 2 aromatic rings. The van der Waals surface area contributed by atoms with Crippen molar-refractivity contribution >= 4 is 28.8 Å². The average molecular weight is 264 g/mol. The Kier molecular flexibility index (Phi) is 3.61. The van der Waals surface area contributed by atoms with Gasteiger partial charge in [-0.05, 0) is 25.3 Å². The molecule has 0 saturated carbocycles. The van der Waals surface area contributed by atoms with E-state index in [0.717, 1.165) is 23.4 Å². The molecule has 96 valence electrons. The third-order valence-electron chi connectivity index (χ3n) is 3.03. The molecular weight excluding hydrogens is 248 g/mol. The number of para-hydroxylation sites is 1. The molecule has 1 atom stereocenters. The lowest BCUT2D eigenvalue weighted by molar-refractivity contribution is 0.0698. The van der Waals surface area contributed by atoms with Crippen LogP contribution >= 0.6 is 11.8 Å². The highest BCUT2D eigenvalue weighted by Crippen LogP contribution is 2.22. The number of aromatic nitrogens is 2. The van der Waals surface area contributed by atoms with Gasteiger partial charge in [-0.1, -0.05) is 13.0 Å². The number of fused-ring (bicyclic) bond motifs is 1. The highest BCUT2D eigenvalue weighted by molar-refractivity contribution is 7.99. The van der Waals surface area contributed by atoms with Gasteiger partial charge in [0.1, 0.15) is 5.82 Å². The first-order chi connectivity index (χ1) is 8.54. The largest absolute Gasteiger partial charge is 0.478 e. The van der Waals surface area contributed by atoms with E-state index < -0.39 is 5.97 Å². The van der Waals surface area contributed by atoms with Crippen LogP contribution in [-0.2, 0) is 6.54 Å². The summed E-state index contributed by atoms with van der Waals surface area (Å²) in [7, 11) is 0. The molecule has 1 heterocycles. The third-order valence-corrected chi connectivity index (χ3v) is 3.98. The molecular formula is C13H16N2O2S. The summed E-state index contributed by atoms with van der Waals surface area (Å²) in [5.74, 6) is -0.0434. The van der Waals surface area contributed by atoms with Gasteiger partial charge in [-0.25, -0.2) is 9.78 Å². The molecule has 4 nitrogen and oxygen atoms in total. The summed E-state index contributed by atoms with van der Waals surface area (Å²) in [5, 5.41) is 9.68. The maximum atomic E-state index is 11.3. The monoisotopic (exact) mass is 264 g/mol. The number of carboxylic acids is 1. The highest BCUT2D eigenvalue weighted by atomic mass is 32.2. The molecule has 0 aliphatic heterocycles. The molecule has 1 unspecified atom stereocenters. The predicted molar refractivity (Wildman–Crippen MR) is 74.4 cm³/mol. The van der Waals surface area contributed by atoms with Crippen LogP contribution in [0, 0.1) is 6.92 Å². The zero-order valence-corrected chi connectivity index (χ0v) is 11.5. The van der Waals surface area contributed by atoms with Crippen LogP contribution in [0.25, 0.3) is 11.0 Å². The van der Waals surface area contributed by atoms with Crippen molar-refractivity contribution in [2.24, 2.45) is 0 Å². The zero-order chi connectivity index (χ0) is 13.3. The van der Waals surface area contributed by atoms with Crippen molar-refractivity contribution in [2.45, 2.75) is 25.6 Å². The van der Waals surface area contributed by atoms with Crippen LogP contribution in [0.15, 0.2) is 18.2 Å². The minimum atomic E-state index is -0.904. The molecule has 0 bridgehead atoms. The molecule has 0 radical (unpaired) electrons. The number of benzene rings is 1. The second-order valence-electron chi connectivity index (χ2n) is 4.29. The van der Waals surface area contributed by atoms with E-state index >= 15 is 0 Å². The molecule has 18 heavy (non-hydrogen) atoms. The topological polar surface area (TPSA) is 55.1 Å². The number of hydrogen-bond donors (Lipinski definition) is 1. The highest BCUT2D eigenvalue weighted by Gasteiger charge is 2.16. The van der Waals surface area contributed by atoms with E-state index in [4.69, 9.17) is 0 Å². The fraction of sp³-hybridized carbons (Fsp3) is 0.385. The summed E-state index contributed by atoms with van der Waals surface area (Å²) in [6, 6.07) is 5.22. The second kappa shape index (κ2) is 5.02. The minimum absolute atomic E-state index is 0.321. The summed E-state index contributed by atoms with van der Waals surface area (Å²) in [5.41, 5.74) is 1.80. The van der Waals surface area contributed by atoms with Crippen LogP contribution in [0.4, 0.5) is 0 Å². The Morgan fingerprint density at radius 2 is 2.28 bits per heavy atom. The minimum Gasteiger partial charge on any atom is -0.478 e. The number of aromatic carboxylic acids is 1. The molecule has 0 fully saturated rings. The van der Waals surface area contributed by atoms with Crippen molar-refractivity contribution in [1.29, 1.82) is 0 Å². The second-order valence-corrected chi connectivity index (χ2v) is 5.57. The molecule has 1 aromatic carbocycles. The quantitative estimate of drug-likeness (QED) is 0.922. The van der Waals surface area contributed by atoms with E-state index in [9.17, 15) is 9.90 Å². The Labute approximate surface area is 110 Å². The lowest BCUT2D eigenvalue weighted by Gasteiger charge is -2.12. The normalized spacial score (nSPS) is 12.8. The van der Waals surface area contributed by atoms with Gasteiger partial charge in [0, 0.05) is 11.8 Å². The van der Waals surface area contributed by atoms with Gasteiger partial charge in [0.05, 0.1) is 16.6 Å². The predicted octanol–water partition coefficient (Wildman–Crippen LogP) is 2.79. The molecule has 0 aliphatic carbocycles. The SMILES string of the molecule is CSC(C)Cn1c(C)nc2cccc(C(=O)O)c21. The van der Waals surface area contributed by atoms with Crippen molar-refractivity contribution < 1.29 is 9.90 Å². The van der Waals surface area contributed by atoms with E-state index in [1.165, 1.54) is 0 Å². The first-order valence-electron chi connectivity index (χ1n) is 5.76. The van der Waals surface area contributed by atoms with Gasteiger partial charge in [-0.3, -0.25) is 0 Å². The zero-order valence-electron chi connectivity index (χ0n) is 10.7. The fourth-order valence-electron chi connectivity index (χ4n) is 2.03. The summed E-state index contributed by atoms with van der Waals surface area (Å²) in [6.07, 6.45) is 2.05. The average Bonchev–Trinajstić information content (AvgIpc) is 2.65. The van der Waals surface area contributed by atoms with E-state index in [-0.39, 0.29) is 0 Å². The number of aryl methyl sites for hydroxylation is 1. The maximum absolute atomic E-state index is 11.3. The number of rotatable bonds is 4. The Hall–Kier alpha value is -1.49. The number of carbonyl (C=O) groups is 1. The van der Waals surface area contributed by atoms with Gasteiger partial charge in [0.15, 0.2) is 0 Å². The third kappa shape index (κ3) is 2.22. The van der Waals surface area contributed by atoms with Crippen LogP contribution in [0.2, 0.25) is 0 Å². The van der Waals surface area contributed by atoms with Gasteiger partial charge in [0.25, 0.3) is 0 Å². The standard InChI is InChI=1S/C13H16N2O2S/c1-8(18-3)7-15-9(2)14-11-6-4-5-10(12(11)15)13(16)17/h4-6,8H,7H2,1-3H3,(H,16,17). The van der Waals surface area contributed by atoms with Gasteiger partial charge < -0.3 is 9.67 Å². The number of thioether (sulfide) groups is 1. The first kappa shape index (κ1) is 13.0. The van der Waals surface area contributed by atoms with E-state index in [1.807, 2.05) is 17.6 Å². The van der Waals surface area contributed by atoms with Gasteiger partial charge in [-0.15, -0.1) is 0 Å². The summed E-state index contributed by atoms with van der Waals surface area (Å²) < 4.78 is 2.00. The van der Waals surface area contributed by atoms with Crippen molar-refractivity contribution in [1.82, 2.24) is 9.55 Å². The van der Waals surface area contributed by atoms with Crippen LogP contribution in [0.5, 0.6) is 0 Å². The van der Waals surface area contributed by atoms with Crippen molar-refractivity contribution in [3.8, 4) is 0 Å². The molecule has 0 aliphatic rings. The molecule has 2 rings (SSSR count). The molecule has 1 N–H and O–H groups in total. The van der Waals surface area contributed by atoms with Gasteiger partial charge >= 0.3 is 5.97 Å². The number of imidazole rings is 1. The number of nitrogens with zero attached hydrogens (tertiary/aromatic N) is 2. The molecule has 5 heteroatoms. The molecule has 0 spiro atoms. The van der Waals surface area contributed by atoms with Crippen LogP contribution < -0.4 is 0 Å². The number of hydrogen-bond acceptors (Lipinski definition) is 3. The Morgan fingerprint density at radius 3 is 2.89 bits per heavy atom.